The van der Waals surface area contributed by atoms with E-state index in [1.165, 1.54) is 6.07 Å². The van der Waals surface area contributed by atoms with Crippen molar-refractivity contribution < 1.29 is 23.0 Å². The molecule has 2 heterocycles. The number of benzene rings is 2. The standard InChI is InChI=1S/C22H22F3N3O2/c1-12-4-6-16-18(8-12)20(17-7-5-15(9-19(17)29)22(23,24)25)26-27-21(16)28-10-13(2)30-14(3)11-28/h4-9,13-14,29H,10-11H2,1-3H3. The van der Waals surface area contributed by atoms with Crippen LogP contribution in [0.25, 0.3) is 22.0 Å². The molecule has 5 nitrogen and oxygen atoms in total. The van der Waals surface area contributed by atoms with Gasteiger partial charge in [-0.3, -0.25) is 0 Å². The van der Waals surface area contributed by atoms with E-state index in [4.69, 9.17) is 4.74 Å². The van der Waals surface area contributed by atoms with Gasteiger partial charge in [0.25, 0.3) is 0 Å². The Morgan fingerprint density at radius 3 is 2.33 bits per heavy atom. The number of halogens is 3. The Morgan fingerprint density at radius 1 is 1.00 bits per heavy atom. The minimum absolute atomic E-state index is 0.0367. The predicted octanol–water partition coefficient (Wildman–Crippen LogP) is 4.94. The maximum Gasteiger partial charge on any atom is 0.416 e. The molecule has 0 aliphatic carbocycles. The second-order valence-electron chi connectivity index (χ2n) is 7.81. The van der Waals surface area contributed by atoms with E-state index < -0.39 is 17.5 Å². The highest BCUT2D eigenvalue weighted by Crippen LogP contribution is 2.39. The molecule has 0 amide bonds. The van der Waals surface area contributed by atoms with Crippen LogP contribution in [0.15, 0.2) is 36.4 Å². The molecule has 158 valence electrons. The Kier molecular flexibility index (Phi) is 5.05. The number of ether oxygens (including phenoxy) is 1. The number of rotatable bonds is 2. The summed E-state index contributed by atoms with van der Waals surface area (Å²) in [6.07, 6.45) is -4.46. The molecule has 8 heteroatoms. The molecular formula is C22H22F3N3O2. The molecule has 4 rings (SSSR count). The average molecular weight is 417 g/mol. The second-order valence-corrected chi connectivity index (χ2v) is 7.81. The van der Waals surface area contributed by atoms with E-state index in [2.05, 4.69) is 15.1 Å². The van der Waals surface area contributed by atoms with Crippen LogP contribution < -0.4 is 4.90 Å². The highest BCUT2D eigenvalue weighted by molar-refractivity contribution is 6.01. The minimum atomic E-state index is -4.53. The number of nitrogens with zero attached hydrogens (tertiary/aromatic N) is 3. The van der Waals surface area contributed by atoms with Gasteiger partial charge in [0.1, 0.15) is 11.4 Å². The van der Waals surface area contributed by atoms with Gasteiger partial charge in [0.15, 0.2) is 5.82 Å². The van der Waals surface area contributed by atoms with Gasteiger partial charge in [-0.1, -0.05) is 17.7 Å². The Hall–Kier alpha value is -2.87. The van der Waals surface area contributed by atoms with Crippen molar-refractivity contribution in [2.75, 3.05) is 18.0 Å². The van der Waals surface area contributed by atoms with E-state index in [-0.39, 0.29) is 17.8 Å². The van der Waals surface area contributed by atoms with Crippen molar-refractivity contribution in [1.82, 2.24) is 10.2 Å². The summed E-state index contributed by atoms with van der Waals surface area (Å²) in [6.45, 7) is 7.24. The van der Waals surface area contributed by atoms with Gasteiger partial charge in [0.2, 0.25) is 0 Å². The van der Waals surface area contributed by atoms with Gasteiger partial charge in [-0.25, -0.2) is 0 Å². The minimum Gasteiger partial charge on any atom is -0.507 e. The first-order chi connectivity index (χ1) is 14.1. The van der Waals surface area contributed by atoms with Gasteiger partial charge in [0, 0.05) is 29.4 Å². The fourth-order valence-electron chi connectivity index (χ4n) is 3.95. The van der Waals surface area contributed by atoms with Crippen LogP contribution in [-0.2, 0) is 10.9 Å². The molecule has 1 fully saturated rings. The monoisotopic (exact) mass is 417 g/mol. The van der Waals surface area contributed by atoms with Crippen LogP contribution in [0.5, 0.6) is 5.75 Å². The summed E-state index contributed by atoms with van der Waals surface area (Å²) in [5.41, 5.74) is 0.613. The summed E-state index contributed by atoms with van der Waals surface area (Å²) in [7, 11) is 0. The third-order valence-corrected chi connectivity index (χ3v) is 5.22. The fourth-order valence-corrected chi connectivity index (χ4v) is 3.95. The molecule has 0 spiro atoms. The van der Waals surface area contributed by atoms with Crippen LogP contribution in [0.1, 0.15) is 25.0 Å². The van der Waals surface area contributed by atoms with Crippen molar-refractivity contribution in [3.63, 3.8) is 0 Å². The molecule has 1 aliphatic heterocycles. The Bertz CT molecular complexity index is 1090. The number of hydrogen-bond acceptors (Lipinski definition) is 5. The maximum atomic E-state index is 13.0. The number of fused-ring (bicyclic) bond motifs is 1. The lowest BCUT2D eigenvalue weighted by molar-refractivity contribution is -0.137. The first-order valence-corrected chi connectivity index (χ1v) is 9.71. The predicted molar refractivity (Wildman–Crippen MR) is 109 cm³/mol. The zero-order chi connectivity index (χ0) is 21.6. The van der Waals surface area contributed by atoms with Crippen molar-refractivity contribution in [3.8, 4) is 17.0 Å². The van der Waals surface area contributed by atoms with Crippen LogP contribution >= 0.6 is 0 Å². The fraction of sp³-hybridized carbons (Fsp3) is 0.364. The molecule has 2 unspecified atom stereocenters. The SMILES string of the molecule is Cc1ccc2c(N3CC(C)OC(C)C3)nnc(-c3ccc(C(F)(F)F)cc3O)c2c1. The van der Waals surface area contributed by atoms with Crippen LogP contribution in [0.3, 0.4) is 0 Å². The molecule has 30 heavy (non-hydrogen) atoms. The van der Waals surface area contributed by atoms with Crippen LogP contribution in [0.4, 0.5) is 19.0 Å². The zero-order valence-electron chi connectivity index (χ0n) is 16.9. The summed E-state index contributed by atoms with van der Waals surface area (Å²) in [6, 6.07) is 8.70. The molecular weight excluding hydrogens is 395 g/mol. The molecule has 1 aromatic heterocycles. The number of hydrogen-bond donors (Lipinski definition) is 1. The van der Waals surface area contributed by atoms with Crippen molar-refractivity contribution in [1.29, 1.82) is 0 Å². The van der Waals surface area contributed by atoms with Gasteiger partial charge in [-0.15, -0.1) is 10.2 Å². The first-order valence-electron chi connectivity index (χ1n) is 9.71. The summed E-state index contributed by atoms with van der Waals surface area (Å²) >= 11 is 0. The number of aromatic hydroxyl groups is 1. The largest absolute Gasteiger partial charge is 0.507 e. The Morgan fingerprint density at radius 2 is 1.70 bits per heavy atom. The highest BCUT2D eigenvalue weighted by atomic mass is 19.4. The lowest BCUT2D eigenvalue weighted by Gasteiger charge is -2.36. The number of aryl methyl sites for hydroxylation is 1. The summed E-state index contributed by atoms with van der Waals surface area (Å²) in [5.74, 6) is 0.213. The molecule has 1 N–H and O–H groups in total. The summed E-state index contributed by atoms with van der Waals surface area (Å²) in [5, 5.41) is 20.6. The van der Waals surface area contributed by atoms with Crippen molar-refractivity contribution in [2.24, 2.45) is 0 Å². The van der Waals surface area contributed by atoms with E-state index in [1.54, 1.807) is 0 Å². The van der Waals surface area contributed by atoms with E-state index in [0.29, 0.717) is 24.6 Å². The van der Waals surface area contributed by atoms with Gasteiger partial charge in [0.05, 0.1) is 17.8 Å². The number of phenols is 1. The quantitative estimate of drug-likeness (QED) is 0.640. The zero-order valence-corrected chi connectivity index (χ0v) is 16.9. The molecule has 3 aromatic rings. The molecule has 1 saturated heterocycles. The van der Waals surface area contributed by atoms with Gasteiger partial charge >= 0.3 is 6.18 Å². The van der Waals surface area contributed by atoms with Gasteiger partial charge in [-0.2, -0.15) is 13.2 Å². The maximum absolute atomic E-state index is 13.0. The Balaban J connectivity index is 1.86. The molecule has 2 aromatic carbocycles. The lowest BCUT2D eigenvalue weighted by atomic mass is 10.00. The number of aromatic nitrogens is 2. The second kappa shape index (κ2) is 7.43. The average Bonchev–Trinajstić information content (AvgIpc) is 2.65. The first kappa shape index (κ1) is 20.4. The van der Waals surface area contributed by atoms with Crippen molar-refractivity contribution in [2.45, 2.75) is 39.2 Å². The molecule has 1 aliphatic rings. The lowest BCUT2D eigenvalue weighted by Crippen LogP contribution is -2.46. The van der Waals surface area contributed by atoms with E-state index in [9.17, 15) is 18.3 Å². The van der Waals surface area contributed by atoms with Crippen LogP contribution in [0, 0.1) is 6.92 Å². The molecule has 0 radical (unpaired) electrons. The Labute approximate surface area is 172 Å². The number of alkyl halides is 3. The number of phenolic OH excluding ortho intramolecular Hbond substituents is 1. The van der Waals surface area contributed by atoms with Crippen LogP contribution in [-0.4, -0.2) is 40.6 Å². The highest BCUT2D eigenvalue weighted by Gasteiger charge is 2.32. The number of morpholine rings is 1. The third kappa shape index (κ3) is 3.79. The summed E-state index contributed by atoms with van der Waals surface area (Å²) < 4.78 is 44.7. The van der Waals surface area contributed by atoms with E-state index in [0.717, 1.165) is 28.5 Å². The molecule has 0 bridgehead atoms. The molecule has 2 atom stereocenters. The normalized spacial score (nSPS) is 20.0. The smallest absolute Gasteiger partial charge is 0.416 e. The topological polar surface area (TPSA) is 58.5 Å². The van der Waals surface area contributed by atoms with Crippen LogP contribution in [0.2, 0.25) is 0 Å². The van der Waals surface area contributed by atoms with E-state index in [1.807, 2.05) is 39.0 Å². The third-order valence-electron chi connectivity index (χ3n) is 5.22. The van der Waals surface area contributed by atoms with Crippen molar-refractivity contribution in [3.05, 3.63) is 47.5 Å². The molecule has 0 saturated carbocycles. The van der Waals surface area contributed by atoms with Gasteiger partial charge < -0.3 is 14.7 Å². The number of anilines is 1. The van der Waals surface area contributed by atoms with Gasteiger partial charge in [-0.05, 0) is 45.0 Å². The van der Waals surface area contributed by atoms with Crippen molar-refractivity contribution >= 4 is 16.6 Å². The van der Waals surface area contributed by atoms with E-state index >= 15 is 0 Å². The summed E-state index contributed by atoms with van der Waals surface area (Å²) in [4.78, 5) is 2.11.